The van der Waals surface area contributed by atoms with Crippen LogP contribution in [0.15, 0.2) is 12.3 Å². The van der Waals surface area contributed by atoms with Crippen molar-refractivity contribution >= 4 is 17.2 Å². The van der Waals surface area contributed by atoms with Crippen molar-refractivity contribution in [3.05, 3.63) is 28.7 Å². The molecular weight excluding hydrogens is 260 g/mol. The van der Waals surface area contributed by atoms with Crippen LogP contribution in [-0.2, 0) is 6.54 Å². The minimum Gasteiger partial charge on any atom is -0.302 e. The maximum Gasteiger partial charge on any atom is 0.161 e. The van der Waals surface area contributed by atoms with E-state index in [2.05, 4.69) is 23.9 Å². The summed E-state index contributed by atoms with van der Waals surface area (Å²) in [6.07, 6.45) is 5.56. The van der Waals surface area contributed by atoms with Crippen LogP contribution < -0.4 is 0 Å². The summed E-state index contributed by atoms with van der Waals surface area (Å²) in [6.45, 7) is 4.18. The molecular formula is C14H19ClN4. The molecule has 0 amide bonds. The minimum absolute atomic E-state index is 0.536. The normalized spacial score (nSPS) is 15.6. The van der Waals surface area contributed by atoms with Crippen LogP contribution in [0, 0.1) is 0 Å². The molecule has 1 saturated carbocycles. The Hall–Kier alpha value is -1.13. The zero-order chi connectivity index (χ0) is 13.4. The molecule has 2 aromatic rings. The number of fused-ring (bicyclic) bond motifs is 1. The highest BCUT2D eigenvalue weighted by Crippen LogP contribution is 2.41. The summed E-state index contributed by atoms with van der Waals surface area (Å²) in [4.78, 5) is 6.78. The van der Waals surface area contributed by atoms with Gasteiger partial charge < -0.3 is 4.90 Å². The average Bonchev–Trinajstić information content (AvgIpc) is 3.15. The molecule has 3 rings (SSSR count). The molecule has 4 nitrogen and oxygen atoms in total. The minimum atomic E-state index is 0.536. The number of halogens is 1. The van der Waals surface area contributed by atoms with Crippen molar-refractivity contribution in [1.29, 1.82) is 0 Å². The van der Waals surface area contributed by atoms with Crippen molar-refractivity contribution in [2.75, 3.05) is 13.6 Å². The van der Waals surface area contributed by atoms with Crippen molar-refractivity contribution in [1.82, 2.24) is 19.5 Å². The van der Waals surface area contributed by atoms with Crippen LogP contribution in [0.5, 0.6) is 0 Å². The summed E-state index contributed by atoms with van der Waals surface area (Å²) in [7, 11) is 2.15. The van der Waals surface area contributed by atoms with Crippen molar-refractivity contribution < 1.29 is 0 Å². The fourth-order valence-electron chi connectivity index (χ4n) is 2.54. The molecule has 0 spiro atoms. The number of rotatable bonds is 5. The summed E-state index contributed by atoms with van der Waals surface area (Å²) in [5.41, 5.74) is 3.39. The van der Waals surface area contributed by atoms with Gasteiger partial charge in [0.25, 0.3) is 0 Å². The first-order valence-corrected chi connectivity index (χ1v) is 7.29. The van der Waals surface area contributed by atoms with Gasteiger partial charge in [-0.2, -0.15) is 5.10 Å². The van der Waals surface area contributed by atoms with Crippen molar-refractivity contribution in [3.8, 4) is 0 Å². The van der Waals surface area contributed by atoms with E-state index < -0.39 is 0 Å². The van der Waals surface area contributed by atoms with E-state index in [0.29, 0.717) is 11.1 Å². The van der Waals surface area contributed by atoms with Crippen molar-refractivity contribution in [2.24, 2.45) is 0 Å². The molecule has 0 radical (unpaired) electrons. The fraction of sp³-hybridized carbons (Fsp3) is 0.571. The zero-order valence-corrected chi connectivity index (χ0v) is 12.2. The van der Waals surface area contributed by atoms with Crippen molar-refractivity contribution in [2.45, 2.75) is 38.6 Å². The predicted molar refractivity (Wildman–Crippen MR) is 76.6 cm³/mol. The van der Waals surface area contributed by atoms with E-state index in [1.165, 1.54) is 24.1 Å². The molecule has 102 valence electrons. The van der Waals surface area contributed by atoms with E-state index in [1.54, 1.807) is 6.07 Å². The fourth-order valence-corrected chi connectivity index (χ4v) is 2.67. The van der Waals surface area contributed by atoms with Gasteiger partial charge in [0, 0.05) is 24.2 Å². The quantitative estimate of drug-likeness (QED) is 0.788. The second-order valence-electron chi connectivity index (χ2n) is 5.39. The van der Waals surface area contributed by atoms with E-state index in [-0.39, 0.29) is 0 Å². The molecule has 0 unspecified atom stereocenters. The molecule has 2 aromatic heterocycles. The summed E-state index contributed by atoms with van der Waals surface area (Å²) >= 11 is 6.03. The van der Waals surface area contributed by atoms with Crippen LogP contribution in [0.4, 0.5) is 0 Å². The van der Waals surface area contributed by atoms with Gasteiger partial charge in [0.1, 0.15) is 5.15 Å². The van der Waals surface area contributed by atoms with Gasteiger partial charge in [0.05, 0.1) is 5.69 Å². The highest BCUT2D eigenvalue weighted by Gasteiger charge is 2.30. The highest BCUT2D eigenvalue weighted by atomic mass is 35.5. The van der Waals surface area contributed by atoms with Gasteiger partial charge in [-0.05, 0) is 38.9 Å². The maximum absolute atomic E-state index is 6.03. The second kappa shape index (κ2) is 5.10. The molecule has 0 atom stereocenters. The van der Waals surface area contributed by atoms with Gasteiger partial charge >= 0.3 is 0 Å². The zero-order valence-electron chi connectivity index (χ0n) is 11.4. The summed E-state index contributed by atoms with van der Waals surface area (Å²) in [6, 6.07) is 1.79. The van der Waals surface area contributed by atoms with Crippen LogP contribution in [-0.4, -0.2) is 33.1 Å². The predicted octanol–water partition coefficient (Wildman–Crippen LogP) is 3.10. The lowest BCUT2D eigenvalue weighted by Gasteiger charge is -2.15. The van der Waals surface area contributed by atoms with Crippen molar-refractivity contribution in [3.63, 3.8) is 0 Å². The largest absolute Gasteiger partial charge is 0.302 e. The van der Waals surface area contributed by atoms with Crippen LogP contribution in [0.25, 0.3) is 5.65 Å². The molecule has 2 heterocycles. The Labute approximate surface area is 118 Å². The summed E-state index contributed by atoms with van der Waals surface area (Å²) in [5.74, 6) is 0.630. The maximum atomic E-state index is 6.03. The molecule has 1 fully saturated rings. The third-order valence-electron chi connectivity index (χ3n) is 3.57. The summed E-state index contributed by atoms with van der Waals surface area (Å²) in [5, 5.41) is 5.23. The van der Waals surface area contributed by atoms with Gasteiger partial charge in [0.15, 0.2) is 5.65 Å². The first kappa shape index (κ1) is 12.9. The average molecular weight is 279 g/mol. The Morgan fingerprint density at radius 3 is 2.95 bits per heavy atom. The lowest BCUT2D eigenvalue weighted by Crippen LogP contribution is -2.19. The number of aromatic nitrogens is 3. The van der Waals surface area contributed by atoms with Gasteiger partial charge in [-0.3, -0.25) is 0 Å². The SMILES string of the molecule is CCCN(C)Cc1c(C2CC2)nn2ccc(Cl)nc12. The van der Waals surface area contributed by atoms with Gasteiger partial charge in [-0.25, -0.2) is 9.50 Å². The second-order valence-corrected chi connectivity index (χ2v) is 5.78. The Morgan fingerprint density at radius 2 is 2.26 bits per heavy atom. The molecule has 5 heteroatoms. The summed E-state index contributed by atoms with van der Waals surface area (Å²) < 4.78 is 1.87. The van der Waals surface area contributed by atoms with Crippen LogP contribution in [0.2, 0.25) is 5.15 Å². The van der Waals surface area contributed by atoms with E-state index in [1.807, 2.05) is 10.7 Å². The molecule has 0 aromatic carbocycles. The Bertz CT molecular complexity index is 588. The standard InChI is InChI=1S/C14H19ClN4/c1-3-7-18(2)9-11-13(10-4-5-10)17-19-8-6-12(15)16-14(11)19/h6,8,10H,3-5,7,9H2,1-2H3. The third-order valence-corrected chi connectivity index (χ3v) is 3.79. The highest BCUT2D eigenvalue weighted by molar-refractivity contribution is 6.29. The first-order chi connectivity index (χ1) is 9.19. The molecule has 1 aliphatic rings. The lowest BCUT2D eigenvalue weighted by molar-refractivity contribution is 0.327. The van der Waals surface area contributed by atoms with E-state index in [4.69, 9.17) is 16.7 Å². The molecule has 0 N–H and O–H groups in total. The van der Waals surface area contributed by atoms with Crippen LogP contribution in [0.3, 0.4) is 0 Å². The van der Waals surface area contributed by atoms with Gasteiger partial charge in [-0.15, -0.1) is 0 Å². The number of hydrogen-bond acceptors (Lipinski definition) is 3. The van der Waals surface area contributed by atoms with Gasteiger partial charge in [-0.1, -0.05) is 18.5 Å². The lowest BCUT2D eigenvalue weighted by atomic mass is 10.1. The molecule has 19 heavy (non-hydrogen) atoms. The monoisotopic (exact) mass is 278 g/mol. The third kappa shape index (κ3) is 2.60. The molecule has 0 saturated heterocycles. The Morgan fingerprint density at radius 1 is 1.47 bits per heavy atom. The van der Waals surface area contributed by atoms with E-state index in [9.17, 15) is 0 Å². The number of hydrogen-bond donors (Lipinski definition) is 0. The van der Waals surface area contributed by atoms with E-state index >= 15 is 0 Å². The Kier molecular flexibility index (Phi) is 3.46. The van der Waals surface area contributed by atoms with E-state index in [0.717, 1.165) is 25.2 Å². The Balaban J connectivity index is 2.02. The van der Waals surface area contributed by atoms with Crippen LogP contribution >= 0.6 is 11.6 Å². The smallest absolute Gasteiger partial charge is 0.161 e. The first-order valence-electron chi connectivity index (χ1n) is 6.91. The van der Waals surface area contributed by atoms with Gasteiger partial charge in [0.2, 0.25) is 0 Å². The number of nitrogens with zero attached hydrogens (tertiary/aromatic N) is 4. The van der Waals surface area contributed by atoms with Crippen LogP contribution in [0.1, 0.15) is 43.4 Å². The molecule has 1 aliphatic carbocycles. The molecule has 0 aliphatic heterocycles. The molecule has 0 bridgehead atoms. The topological polar surface area (TPSA) is 33.4 Å².